The fourth-order valence-electron chi connectivity index (χ4n) is 3.16. The number of methoxy groups -OCH3 is 1. The minimum Gasteiger partial charge on any atom is -0.497 e. The highest BCUT2D eigenvalue weighted by molar-refractivity contribution is 9.10. The predicted molar refractivity (Wildman–Crippen MR) is 130 cm³/mol. The molecule has 0 saturated heterocycles. The zero-order valence-corrected chi connectivity index (χ0v) is 21.1. The van der Waals surface area contributed by atoms with Crippen molar-refractivity contribution in [3.05, 3.63) is 58.1 Å². The summed E-state index contributed by atoms with van der Waals surface area (Å²) in [5.41, 5.74) is 2.05. The molecule has 1 N–H and O–H groups in total. The number of halogens is 1. The first-order valence-electron chi connectivity index (χ1n) is 10.9. The molecule has 174 valence electrons. The monoisotopic (exact) mass is 504 g/mol. The number of carbonyl (C=O) groups is 2. The second kappa shape index (κ2) is 12.5. The lowest BCUT2D eigenvalue weighted by Crippen LogP contribution is -2.49. The zero-order valence-electron chi connectivity index (χ0n) is 19.5. The van der Waals surface area contributed by atoms with Crippen molar-refractivity contribution >= 4 is 27.7 Å². The maximum atomic E-state index is 13.2. The molecule has 2 amide bonds. The van der Waals surface area contributed by atoms with Crippen LogP contribution in [-0.4, -0.2) is 43.0 Å². The van der Waals surface area contributed by atoms with Crippen molar-refractivity contribution in [2.75, 3.05) is 20.3 Å². The lowest BCUT2D eigenvalue weighted by Gasteiger charge is -2.29. The van der Waals surface area contributed by atoms with Gasteiger partial charge < -0.3 is 19.7 Å². The van der Waals surface area contributed by atoms with E-state index in [0.717, 1.165) is 16.5 Å². The zero-order chi connectivity index (χ0) is 23.7. The summed E-state index contributed by atoms with van der Waals surface area (Å²) in [5.74, 6) is 1.22. The van der Waals surface area contributed by atoms with E-state index in [4.69, 9.17) is 9.47 Å². The van der Waals surface area contributed by atoms with Crippen molar-refractivity contribution in [1.82, 2.24) is 10.2 Å². The molecule has 6 nitrogen and oxygen atoms in total. The Morgan fingerprint density at radius 1 is 1.12 bits per heavy atom. The number of hydrogen-bond acceptors (Lipinski definition) is 4. The smallest absolute Gasteiger partial charge is 0.261 e. The molecule has 0 saturated carbocycles. The van der Waals surface area contributed by atoms with Crippen LogP contribution in [0, 0.1) is 0 Å². The third-order valence-electron chi connectivity index (χ3n) is 5.18. The van der Waals surface area contributed by atoms with E-state index in [1.54, 1.807) is 14.0 Å². The summed E-state index contributed by atoms with van der Waals surface area (Å²) in [6.07, 6.45) is 0.825. The molecule has 2 rings (SSSR count). The Morgan fingerprint density at radius 2 is 1.88 bits per heavy atom. The molecule has 2 aromatic carbocycles. The van der Waals surface area contributed by atoms with Gasteiger partial charge in [-0.2, -0.15) is 0 Å². The summed E-state index contributed by atoms with van der Waals surface area (Å²) < 4.78 is 11.9. The van der Waals surface area contributed by atoms with Crippen LogP contribution in [0.1, 0.15) is 51.2 Å². The summed E-state index contributed by atoms with van der Waals surface area (Å²) in [6, 6.07) is 12.7. The Labute approximate surface area is 199 Å². The summed E-state index contributed by atoms with van der Waals surface area (Å²) in [4.78, 5) is 27.3. The number of nitrogens with zero attached hydrogens (tertiary/aromatic N) is 1. The maximum Gasteiger partial charge on any atom is 0.261 e. The predicted octanol–water partition coefficient (Wildman–Crippen LogP) is 4.90. The number of hydrogen-bond donors (Lipinski definition) is 1. The van der Waals surface area contributed by atoms with E-state index in [9.17, 15) is 9.59 Å². The molecule has 0 aromatic heterocycles. The van der Waals surface area contributed by atoms with Crippen LogP contribution in [0.3, 0.4) is 0 Å². The lowest BCUT2D eigenvalue weighted by atomic mass is 10.0. The van der Waals surface area contributed by atoms with Gasteiger partial charge in [0.15, 0.2) is 6.61 Å². The average molecular weight is 505 g/mol. The topological polar surface area (TPSA) is 67.9 Å². The molecule has 0 aliphatic carbocycles. The molecule has 0 heterocycles. The summed E-state index contributed by atoms with van der Waals surface area (Å²) >= 11 is 3.52. The highest BCUT2D eigenvalue weighted by Gasteiger charge is 2.26. The molecule has 0 unspecified atom stereocenters. The van der Waals surface area contributed by atoms with E-state index in [1.807, 2.05) is 49.4 Å². The van der Waals surface area contributed by atoms with Gasteiger partial charge in [0.25, 0.3) is 5.91 Å². The van der Waals surface area contributed by atoms with E-state index in [2.05, 4.69) is 35.1 Å². The van der Waals surface area contributed by atoms with Gasteiger partial charge in [-0.1, -0.05) is 39.0 Å². The average Bonchev–Trinajstić information content (AvgIpc) is 2.79. The molecular weight excluding hydrogens is 472 g/mol. The maximum absolute atomic E-state index is 13.2. The van der Waals surface area contributed by atoms with E-state index < -0.39 is 6.04 Å². The molecule has 2 aromatic rings. The van der Waals surface area contributed by atoms with Gasteiger partial charge >= 0.3 is 0 Å². The molecule has 1 atom stereocenters. The second-order valence-electron chi connectivity index (χ2n) is 7.97. The van der Waals surface area contributed by atoms with Gasteiger partial charge in [-0.3, -0.25) is 9.59 Å². The first-order chi connectivity index (χ1) is 15.3. The van der Waals surface area contributed by atoms with Gasteiger partial charge in [-0.15, -0.1) is 0 Å². The fourth-order valence-corrected chi connectivity index (χ4v) is 3.67. The fraction of sp³-hybridized carbons (Fsp3) is 0.440. The minimum absolute atomic E-state index is 0.172. The highest BCUT2D eigenvalue weighted by atomic mass is 79.9. The van der Waals surface area contributed by atoms with Crippen LogP contribution in [-0.2, 0) is 16.1 Å². The lowest BCUT2D eigenvalue weighted by molar-refractivity contribution is -0.142. The van der Waals surface area contributed by atoms with Gasteiger partial charge in [0.1, 0.15) is 17.5 Å². The number of nitrogens with one attached hydrogen (secondary N) is 1. The number of amides is 2. The number of carbonyl (C=O) groups excluding carboxylic acids is 2. The number of rotatable bonds is 11. The van der Waals surface area contributed by atoms with Crippen molar-refractivity contribution in [3.8, 4) is 11.5 Å². The second-order valence-corrected chi connectivity index (χ2v) is 8.83. The Hall–Kier alpha value is -2.54. The van der Waals surface area contributed by atoms with Crippen LogP contribution in [0.4, 0.5) is 0 Å². The van der Waals surface area contributed by atoms with Crippen LogP contribution in [0.25, 0.3) is 0 Å². The molecule has 0 bridgehead atoms. The number of ether oxygens (including phenoxy) is 2. The molecular formula is C25H33BrN2O4. The Balaban J connectivity index is 2.18. The van der Waals surface area contributed by atoms with Gasteiger partial charge in [0.05, 0.1) is 11.6 Å². The summed E-state index contributed by atoms with van der Waals surface area (Å²) in [7, 11) is 1.60. The molecule has 0 aliphatic heterocycles. The summed E-state index contributed by atoms with van der Waals surface area (Å²) in [6.45, 7) is 8.62. The quantitative estimate of drug-likeness (QED) is 0.472. The molecule has 0 radical (unpaired) electrons. The molecule has 0 spiro atoms. The molecule has 7 heteroatoms. The van der Waals surface area contributed by atoms with Crippen LogP contribution >= 0.6 is 15.9 Å². The Bertz CT molecular complexity index is 917. The van der Waals surface area contributed by atoms with E-state index >= 15 is 0 Å². The van der Waals surface area contributed by atoms with Gasteiger partial charge in [-0.05, 0) is 70.6 Å². The first-order valence-corrected chi connectivity index (χ1v) is 11.7. The third kappa shape index (κ3) is 7.26. The van der Waals surface area contributed by atoms with E-state index in [-0.39, 0.29) is 25.0 Å². The third-order valence-corrected chi connectivity index (χ3v) is 5.80. The normalized spacial score (nSPS) is 11.7. The van der Waals surface area contributed by atoms with Crippen LogP contribution in [0.5, 0.6) is 11.5 Å². The summed E-state index contributed by atoms with van der Waals surface area (Å²) in [5, 5.41) is 2.87. The van der Waals surface area contributed by atoms with Crippen LogP contribution < -0.4 is 14.8 Å². The van der Waals surface area contributed by atoms with Crippen LogP contribution in [0.2, 0.25) is 0 Å². The van der Waals surface area contributed by atoms with E-state index in [1.165, 1.54) is 10.5 Å². The number of benzene rings is 2. The van der Waals surface area contributed by atoms with Gasteiger partial charge in [0, 0.05) is 13.1 Å². The Kier molecular flexibility index (Phi) is 10.0. The van der Waals surface area contributed by atoms with Gasteiger partial charge in [-0.25, -0.2) is 0 Å². The van der Waals surface area contributed by atoms with E-state index in [0.29, 0.717) is 24.0 Å². The molecule has 0 aliphatic rings. The van der Waals surface area contributed by atoms with Crippen molar-refractivity contribution in [2.24, 2.45) is 0 Å². The molecule has 32 heavy (non-hydrogen) atoms. The van der Waals surface area contributed by atoms with Crippen molar-refractivity contribution < 1.29 is 19.1 Å². The van der Waals surface area contributed by atoms with Crippen molar-refractivity contribution in [2.45, 2.75) is 52.6 Å². The first kappa shape index (κ1) is 25.7. The molecule has 0 fully saturated rings. The largest absolute Gasteiger partial charge is 0.497 e. The standard InChI is InChI=1S/C25H33BrN2O4/c1-6-12-27-25(30)18(4)28(15-19-8-7-9-21(13-19)31-5)24(29)16-32-23-11-10-20(17(2)3)14-22(23)26/h7-11,13-14,17-18H,6,12,15-16H2,1-5H3,(H,27,30)/t18-/m1/s1. The van der Waals surface area contributed by atoms with Crippen molar-refractivity contribution in [3.63, 3.8) is 0 Å². The highest BCUT2D eigenvalue weighted by Crippen LogP contribution is 2.29. The van der Waals surface area contributed by atoms with Crippen LogP contribution in [0.15, 0.2) is 46.9 Å². The van der Waals surface area contributed by atoms with Gasteiger partial charge in [0.2, 0.25) is 5.91 Å². The SMILES string of the molecule is CCCNC(=O)[C@@H](C)N(Cc1cccc(OC)c1)C(=O)COc1ccc(C(C)C)cc1Br. The Morgan fingerprint density at radius 3 is 2.50 bits per heavy atom. The minimum atomic E-state index is -0.643. The van der Waals surface area contributed by atoms with Crippen molar-refractivity contribution in [1.29, 1.82) is 0 Å².